The van der Waals surface area contributed by atoms with Crippen molar-refractivity contribution in [1.82, 2.24) is 0 Å². The van der Waals surface area contributed by atoms with E-state index in [1.807, 2.05) is 0 Å². The molecule has 37 heavy (non-hydrogen) atoms. The number of alkyl halides is 6. The van der Waals surface area contributed by atoms with Gasteiger partial charge in [-0.05, 0) is 17.4 Å². The summed E-state index contributed by atoms with van der Waals surface area (Å²) >= 11 is 0. The first-order valence-corrected chi connectivity index (χ1v) is 11.7. The minimum absolute atomic E-state index is 0.0578. The van der Waals surface area contributed by atoms with Crippen molar-refractivity contribution >= 4 is 24.3 Å². The Morgan fingerprint density at radius 1 is 0.649 bits per heavy atom. The highest BCUT2D eigenvalue weighted by atomic mass is 31.1. The Labute approximate surface area is 208 Å². The number of hydrogen-bond donors (Lipinski definition) is 0. The lowest BCUT2D eigenvalue weighted by Gasteiger charge is -2.23. The number of hydrogen-bond acceptors (Lipinski definition) is 5. The number of carbonyl (C=O) groups excluding carboxylic acids is 2. The number of carbonyl (C=O) groups is 2. The van der Waals surface area contributed by atoms with Gasteiger partial charge < -0.3 is 14.2 Å². The van der Waals surface area contributed by atoms with Crippen LogP contribution < -0.4 is 19.5 Å². The van der Waals surface area contributed by atoms with Crippen LogP contribution in [0.1, 0.15) is 31.8 Å². The Hall–Kier alpha value is -3.59. The van der Waals surface area contributed by atoms with Gasteiger partial charge in [0.2, 0.25) is 5.52 Å². The molecular formula is C25H19F6O5P. The summed E-state index contributed by atoms with van der Waals surface area (Å²) in [6, 6.07) is 10.8. The van der Waals surface area contributed by atoms with E-state index in [0.29, 0.717) is 18.2 Å². The van der Waals surface area contributed by atoms with E-state index in [2.05, 4.69) is 0 Å². The fraction of sp³-hybridized carbons (Fsp3) is 0.200. The maximum absolute atomic E-state index is 13.9. The normalized spacial score (nSPS) is 12.6. The van der Waals surface area contributed by atoms with E-state index in [4.69, 9.17) is 14.2 Å². The Bertz CT molecular complexity index is 1250. The van der Waals surface area contributed by atoms with Gasteiger partial charge >= 0.3 is 12.4 Å². The van der Waals surface area contributed by atoms with Crippen LogP contribution in [0.5, 0.6) is 17.2 Å². The molecule has 3 aromatic rings. The van der Waals surface area contributed by atoms with Crippen LogP contribution in [0.3, 0.4) is 0 Å². The fourth-order valence-corrected chi connectivity index (χ4v) is 5.63. The monoisotopic (exact) mass is 544 g/mol. The van der Waals surface area contributed by atoms with E-state index >= 15 is 0 Å². The van der Waals surface area contributed by atoms with Gasteiger partial charge in [-0.1, -0.05) is 36.4 Å². The molecule has 0 saturated carbocycles. The van der Waals surface area contributed by atoms with Crippen molar-refractivity contribution in [2.24, 2.45) is 0 Å². The van der Waals surface area contributed by atoms with Crippen molar-refractivity contribution in [3.8, 4) is 17.2 Å². The molecule has 0 bridgehead atoms. The summed E-state index contributed by atoms with van der Waals surface area (Å²) in [6.45, 7) is 0. The molecule has 0 aliphatic carbocycles. The minimum atomic E-state index is -5.30. The lowest BCUT2D eigenvalue weighted by Crippen LogP contribution is -2.24. The van der Waals surface area contributed by atoms with E-state index in [1.54, 1.807) is 0 Å². The third-order valence-corrected chi connectivity index (χ3v) is 7.31. The van der Waals surface area contributed by atoms with Gasteiger partial charge in [-0.3, -0.25) is 9.59 Å². The standard InChI is InChI=1S/C25H19F6O5P/c1-34-14-12-18(35-2)21(19(13-14)36-3)23(33)37(15-8-5-4-6-9-15)22(32)20-16(24(26,27)28)10-7-11-17(20)25(29,30)31/h4-13H,1-3H3. The number of methoxy groups -OCH3 is 3. The van der Waals surface area contributed by atoms with Gasteiger partial charge in [0.05, 0.1) is 40.4 Å². The molecule has 12 heteroatoms. The molecule has 0 radical (unpaired) electrons. The van der Waals surface area contributed by atoms with Crippen LogP contribution in [0.15, 0.2) is 60.7 Å². The molecule has 0 fully saturated rings. The Kier molecular flexibility index (Phi) is 8.17. The van der Waals surface area contributed by atoms with Gasteiger partial charge in [-0.15, -0.1) is 0 Å². The summed E-state index contributed by atoms with van der Waals surface area (Å²) in [6.07, 6.45) is -10.6. The Morgan fingerprint density at radius 3 is 1.51 bits per heavy atom. The highest BCUT2D eigenvalue weighted by Crippen LogP contribution is 2.51. The molecule has 3 rings (SSSR count). The van der Waals surface area contributed by atoms with Gasteiger partial charge in [0.25, 0.3) is 0 Å². The second kappa shape index (κ2) is 10.8. The minimum Gasteiger partial charge on any atom is -0.496 e. The highest BCUT2D eigenvalue weighted by molar-refractivity contribution is 7.96. The second-order valence-electron chi connectivity index (χ2n) is 7.41. The maximum Gasteiger partial charge on any atom is 0.417 e. The fourth-order valence-electron chi connectivity index (χ4n) is 3.60. The van der Waals surface area contributed by atoms with Crippen molar-refractivity contribution < 1.29 is 50.1 Å². The predicted molar refractivity (Wildman–Crippen MR) is 124 cm³/mol. The molecule has 1 atom stereocenters. The molecule has 3 aromatic carbocycles. The van der Waals surface area contributed by atoms with Gasteiger partial charge in [-0.25, -0.2) is 0 Å². The van der Waals surface area contributed by atoms with Crippen LogP contribution in [0, 0.1) is 0 Å². The smallest absolute Gasteiger partial charge is 0.417 e. The SMILES string of the molecule is COc1cc(OC)c(C(=O)P(C(=O)c2c(C(F)(F)F)cccc2C(F)(F)F)c2ccccc2)c(OC)c1. The average molecular weight is 544 g/mol. The molecule has 0 heterocycles. The zero-order valence-electron chi connectivity index (χ0n) is 19.5. The van der Waals surface area contributed by atoms with Crippen LogP contribution in [0.2, 0.25) is 0 Å². The molecular weight excluding hydrogens is 525 g/mol. The first-order chi connectivity index (χ1) is 17.3. The van der Waals surface area contributed by atoms with Crippen LogP contribution in [0.4, 0.5) is 26.3 Å². The molecule has 0 aromatic heterocycles. The Morgan fingerprint density at radius 2 is 1.11 bits per heavy atom. The first-order valence-electron chi connectivity index (χ1n) is 10.4. The summed E-state index contributed by atoms with van der Waals surface area (Å²) in [5.74, 6) is -0.0856. The summed E-state index contributed by atoms with van der Waals surface area (Å²) in [4.78, 5) is 27.6. The van der Waals surface area contributed by atoms with Gasteiger partial charge in [-0.2, -0.15) is 26.3 Å². The molecule has 0 aliphatic rings. The molecule has 1 unspecified atom stereocenters. The molecule has 0 spiro atoms. The quantitative estimate of drug-likeness (QED) is 0.238. The molecule has 0 amide bonds. The van der Waals surface area contributed by atoms with Crippen molar-refractivity contribution in [2.75, 3.05) is 21.3 Å². The lowest BCUT2D eigenvalue weighted by molar-refractivity contribution is -0.143. The van der Waals surface area contributed by atoms with Crippen molar-refractivity contribution in [3.05, 3.63) is 82.9 Å². The van der Waals surface area contributed by atoms with Crippen LogP contribution >= 0.6 is 7.92 Å². The number of ether oxygens (including phenoxy) is 3. The molecule has 196 valence electrons. The summed E-state index contributed by atoms with van der Waals surface area (Å²) in [5.41, 5.74) is -8.22. The third-order valence-electron chi connectivity index (χ3n) is 5.24. The zero-order chi connectivity index (χ0) is 27.5. The van der Waals surface area contributed by atoms with E-state index < -0.39 is 48.0 Å². The first kappa shape index (κ1) is 28.0. The van der Waals surface area contributed by atoms with Crippen molar-refractivity contribution in [3.63, 3.8) is 0 Å². The van der Waals surface area contributed by atoms with E-state index in [9.17, 15) is 35.9 Å². The maximum atomic E-state index is 13.9. The molecule has 5 nitrogen and oxygen atoms in total. The largest absolute Gasteiger partial charge is 0.496 e. The van der Waals surface area contributed by atoms with E-state index in [-0.39, 0.29) is 28.1 Å². The topological polar surface area (TPSA) is 61.8 Å². The molecule has 0 N–H and O–H groups in total. The number of halogens is 6. The molecule has 0 saturated heterocycles. The second-order valence-corrected chi connectivity index (χ2v) is 9.41. The van der Waals surface area contributed by atoms with Gasteiger partial charge in [0, 0.05) is 17.7 Å². The summed E-state index contributed by atoms with van der Waals surface area (Å²) in [7, 11) is 0.714. The van der Waals surface area contributed by atoms with Crippen molar-refractivity contribution in [2.45, 2.75) is 12.4 Å². The summed E-state index contributed by atoms with van der Waals surface area (Å²) < 4.78 is 98.6. The van der Waals surface area contributed by atoms with Crippen molar-refractivity contribution in [1.29, 1.82) is 0 Å². The third kappa shape index (κ3) is 5.72. The van der Waals surface area contributed by atoms with Crippen LogP contribution in [0.25, 0.3) is 0 Å². The molecule has 0 aliphatic heterocycles. The van der Waals surface area contributed by atoms with Crippen LogP contribution in [-0.4, -0.2) is 32.4 Å². The van der Waals surface area contributed by atoms with E-state index in [0.717, 1.165) is 0 Å². The lowest BCUT2D eigenvalue weighted by atomic mass is 10.0. The average Bonchev–Trinajstić information content (AvgIpc) is 2.86. The number of benzene rings is 3. The van der Waals surface area contributed by atoms with Gasteiger partial charge in [0.15, 0.2) is 5.52 Å². The zero-order valence-corrected chi connectivity index (χ0v) is 20.4. The van der Waals surface area contributed by atoms with E-state index in [1.165, 1.54) is 63.8 Å². The van der Waals surface area contributed by atoms with Gasteiger partial charge in [0.1, 0.15) is 22.8 Å². The summed E-state index contributed by atoms with van der Waals surface area (Å²) in [5, 5.41) is -0.0578. The predicted octanol–water partition coefficient (Wildman–Crippen LogP) is 6.54. The highest BCUT2D eigenvalue weighted by Gasteiger charge is 2.46. The van der Waals surface area contributed by atoms with Crippen LogP contribution in [-0.2, 0) is 12.4 Å². The number of rotatable bonds is 8. The Balaban J connectivity index is 2.36.